The van der Waals surface area contributed by atoms with E-state index in [4.69, 9.17) is 4.74 Å². The Balaban J connectivity index is 1.55. The number of nitrogens with zero attached hydrogens (tertiary/aromatic N) is 3. The van der Waals surface area contributed by atoms with E-state index in [1.807, 2.05) is 17.5 Å². The maximum absolute atomic E-state index is 6.39. The molecule has 2 aliphatic rings. The third-order valence-corrected chi connectivity index (χ3v) is 6.63. The number of nitrogens with one attached hydrogen (secondary N) is 1. The van der Waals surface area contributed by atoms with Crippen LogP contribution >= 0.6 is 11.3 Å². The maximum Gasteiger partial charge on any atom is 0.0969 e. The van der Waals surface area contributed by atoms with Crippen molar-refractivity contribution < 1.29 is 4.74 Å². The second-order valence-corrected chi connectivity index (χ2v) is 7.96. The lowest BCUT2D eigenvalue weighted by Crippen LogP contribution is -2.50. The minimum absolute atomic E-state index is 0.0583. The van der Waals surface area contributed by atoms with Gasteiger partial charge in [-0.3, -0.25) is 10.00 Å². The summed E-state index contributed by atoms with van der Waals surface area (Å²) >= 11 is 1.99. The second-order valence-electron chi connectivity index (χ2n) is 6.73. The largest absolute Gasteiger partial charge is 0.370 e. The molecule has 0 unspecified atom stereocenters. The molecule has 1 fully saturated rings. The fourth-order valence-electron chi connectivity index (χ4n) is 4.02. The number of fused-ring (bicyclic) bond motifs is 2. The summed E-state index contributed by atoms with van der Waals surface area (Å²) in [6.45, 7) is 7.33. The van der Waals surface area contributed by atoms with Crippen LogP contribution in [0.25, 0.3) is 0 Å². The molecule has 1 saturated heterocycles. The molecule has 0 saturated carbocycles. The van der Waals surface area contributed by atoms with Crippen LogP contribution in [0.1, 0.15) is 47.7 Å². The molecule has 5 nitrogen and oxygen atoms in total. The number of aromatic amines is 1. The van der Waals surface area contributed by atoms with Gasteiger partial charge in [-0.25, -0.2) is 0 Å². The third kappa shape index (κ3) is 2.73. The molecule has 6 heteroatoms. The normalized spacial score (nSPS) is 28.2. The molecule has 4 heterocycles. The van der Waals surface area contributed by atoms with Gasteiger partial charge in [0.05, 0.1) is 17.9 Å². The van der Waals surface area contributed by atoms with Crippen LogP contribution in [-0.4, -0.2) is 39.5 Å². The van der Waals surface area contributed by atoms with Crippen molar-refractivity contribution >= 4 is 11.3 Å². The number of thiophene rings is 1. The number of hydrogen-bond acceptors (Lipinski definition) is 5. The van der Waals surface area contributed by atoms with Gasteiger partial charge in [-0.05, 0) is 37.8 Å². The molecule has 0 aliphatic carbocycles. The van der Waals surface area contributed by atoms with Crippen LogP contribution in [0.3, 0.4) is 0 Å². The van der Waals surface area contributed by atoms with Crippen molar-refractivity contribution in [1.82, 2.24) is 20.3 Å². The van der Waals surface area contributed by atoms with Crippen molar-refractivity contribution in [2.24, 2.45) is 0 Å². The summed E-state index contributed by atoms with van der Waals surface area (Å²) in [5.74, 6) is 0. The molecule has 2 atom stereocenters. The number of likely N-dealkylation sites (tertiary alicyclic amines) is 1. The van der Waals surface area contributed by atoms with Crippen molar-refractivity contribution in [2.45, 2.75) is 57.7 Å². The average molecular weight is 332 g/mol. The Morgan fingerprint density at radius 1 is 1.52 bits per heavy atom. The molecule has 0 bridgehead atoms. The van der Waals surface area contributed by atoms with Crippen molar-refractivity contribution in [1.29, 1.82) is 0 Å². The van der Waals surface area contributed by atoms with Crippen LogP contribution in [-0.2, 0) is 29.7 Å². The highest BCUT2D eigenvalue weighted by molar-refractivity contribution is 7.12. The monoisotopic (exact) mass is 332 g/mol. The van der Waals surface area contributed by atoms with Crippen molar-refractivity contribution in [3.05, 3.63) is 33.3 Å². The smallest absolute Gasteiger partial charge is 0.0969 e. The third-order valence-electron chi connectivity index (χ3n) is 5.29. The van der Waals surface area contributed by atoms with E-state index >= 15 is 0 Å². The van der Waals surface area contributed by atoms with Gasteiger partial charge in [-0.15, -0.1) is 16.4 Å². The van der Waals surface area contributed by atoms with E-state index in [0.29, 0.717) is 6.04 Å². The number of aryl methyl sites for hydroxylation is 1. The fourth-order valence-corrected chi connectivity index (χ4v) is 5.20. The topological polar surface area (TPSA) is 54.0 Å². The Hall–Kier alpha value is -1.24. The van der Waals surface area contributed by atoms with Crippen molar-refractivity contribution in [3.63, 3.8) is 0 Å². The summed E-state index contributed by atoms with van der Waals surface area (Å²) in [6, 6.07) is 2.90. The van der Waals surface area contributed by atoms with E-state index < -0.39 is 0 Å². The Morgan fingerprint density at radius 2 is 2.43 bits per heavy atom. The second kappa shape index (κ2) is 6.00. The molecule has 0 aromatic carbocycles. The summed E-state index contributed by atoms with van der Waals surface area (Å²) < 4.78 is 6.39. The van der Waals surface area contributed by atoms with Gasteiger partial charge in [0.2, 0.25) is 0 Å². The van der Waals surface area contributed by atoms with E-state index in [2.05, 4.69) is 40.2 Å². The highest BCUT2D eigenvalue weighted by Gasteiger charge is 2.44. The van der Waals surface area contributed by atoms with E-state index in [-0.39, 0.29) is 5.60 Å². The summed E-state index contributed by atoms with van der Waals surface area (Å²) in [7, 11) is 0. The van der Waals surface area contributed by atoms with Gasteiger partial charge in [0.25, 0.3) is 0 Å². The number of aromatic nitrogens is 3. The highest BCUT2D eigenvalue weighted by atomic mass is 32.1. The van der Waals surface area contributed by atoms with Gasteiger partial charge in [-0.1, -0.05) is 12.1 Å². The van der Waals surface area contributed by atoms with Gasteiger partial charge >= 0.3 is 0 Å². The zero-order valence-electron chi connectivity index (χ0n) is 13.8. The van der Waals surface area contributed by atoms with Gasteiger partial charge in [0, 0.05) is 41.5 Å². The van der Waals surface area contributed by atoms with Crippen LogP contribution in [0.4, 0.5) is 0 Å². The SMILES string of the molecule is CCc1cc2c(s1)CCO[C@@]21CCN(Cc2c[nH]nn2)[C@@H](C)C1. The lowest BCUT2D eigenvalue weighted by atomic mass is 9.79. The fraction of sp³-hybridized carbons (Fsp3) is 0.647. The first-order valence-electron chi connectivity index (χ1n) is 8.55. The molecular formula is C17H24N4OS. The minimum atomic E-state index is -0.0583. The minimum Gasteiger partial charge on any atom is -0.370 e. The zero-order valence-corrected chi connectivity index (χ0v) is 14.7. The molecule has 0 radical (unpaired) electrons. The van der Waals surface area contributed by atoms with Crippen LogP contribution in [0.5, 0.6) is 0 Å². The van der Waals surface area contributed by atoms with E-state index in [0.717, 1.165) is 51.1 Å². The van der Waals surface area contributed by atoms with E-state index in [9.17, 15) is 0 Å². The molecule has 2 aliphatic heterocycles. The predicted molar refractivity (Wildman–Crippen MR) is 90.5 cm³/mol. The summed E-state index contributed by atoms with van der Waals surface area (Å²) in [5.41, 5.74) is 2.44. The predicted octanol–water partition coefficient (Wildman–Crippen LogP) is 2.88. The summed E-state index contributed by atoms with van der Waals surface area (Å²) in [5, 5.41) is 10.7. The van der Waals surface area contributed by atoms with Gasteiger partial charge in [-0.2, -0.15) is 0 Å². The Morgan fingerprint density at radius 3 is 3.17 bits per heavy atom. The van der Waals surface area contributed by atoms with Gasteiger partial charge in [0.1, 0.15) is 0 Å². The van der Waals surface area contributed by atoms with Gasteiger partial charge < -0.3 is 4.74 Å². The van der Waals surface area contributed by atoms with Crippen molar-refractivity contribution in [2.75, 3.05) is 13.2 Å². The van der Waals surface area contributed by atoms with E-state index in [1.54, 1.807) is 4.88 Å². The maximum atomic E-state index is 6.39. The molecule has 0 amide bonds. The number of ether oxygens (including phenoxy) is 1. The summed E-state index contributed by atoms with van der Waals surface area (Å²) in [6.07, 6.45) is 6.24. The van der Waals surface area contributed by atoms with Crippen LogP contribution in [0, 0.1) is 0 Å². The van der Waals surface area contributed by atoms with Crippen molar-refractivity contribution in [3.8, 4) is 0 Å². The van der Waals surface area contributed by atoms with Crippen LogP contribution in [0.15, 0.2) is 12.3 Å². The molecule has 1 spiro atoms. The lowest BCUT2D eigenvalue weighted by molar-refractivity contribution is -0.112. The highest BCUT2D eigenvalue weighted by Crippen LogP contribution is 2.46. The quantitative estimate of drug-likeness (QED) is 0.939. The molecule has 1 N–H and O–H groups in total. The molecular weight excluding hydrogens is 308 g/mol. The molecule has 2 aromatic heterocycles. The number of piperidine rings is 1. The first-order chi connectivity index (χ1) is 11.2. The summed E-state index contributed by atoms with van der Waals surface area (Å²) in [4.78, 5) is 5.55. The first-order valence-corrected chi connectivity index (χ1v) is 9.37. The van der Waals surface area contributed by atoms with Crippen LogP contribution < -0.4 is 0 Å². The standard InChI is InChI=1S/C17H24N4OS/c1-3-14-8-15-16(23-14)4-7-22-17(15)5-6-21(12(2)9-17)11-13-10-18-20-19-13/h8,10,12H,3-7,9,11H2,1-2H3,(H,18,19,20)/t12-,17+/m0/s1. The van der Waals surface area contributed by atoms with Crippen LogP contribution in [0.2, 0.25) is 0 Å². The molecule has 124 valence electrons. The average Bonchev–Trinajstić information content (AvgIpc) is 3.20. The molecule has 2 aromatic rings. The Kier molecular flexibility index (Phi) is 3.99. The van der Waals surface area contributed by atoms with Gasteiger partial charge in [0.15, 0.2) is 0 Å². The number of hydrogen-bond donors (Lipinski definition) is 1. The number of H-pyrrole nitrogens is 1. The molecule has 4 rings (SSSR count). The first kappa shape index (κ1) is 15.3. The zero-order chi connectivity index (χ0) is 15.9. The Bertz CT molecular complexity index is 668. The Labute approximate surface area is 141 Å². The lowest BCUT2D eigenvalue weighted by Gasteiger charge is -2.47. The van der Waals surface area contributed by atoms with E-state index in [1.165, 1.54) is 10.4 Å². The molecule has 23 heavy (non-hydrogen) atoms. The number of rotatable bonds is 3.